The second-order valence-corrected chi connectivity index (χ2v) is 8.70. The summed E-state index contributed by atoms with van der Waals surface area (Å²) in [5, 5.41) is 0. The van der Waals surface area contributed by atoms with Crippen molar-refractivity contribution in [3.8, 4) is 0 Å². The Morgan fingerprint density at radius 3 is 2.36 bits per heavy atom. The van der Waals surface area contributed by atoms with Gasteiger partial charge >= 0.3 is 5.97 Å². The first-order valence-electron chi connectivity index (χ1n) is 10.0. The van der Waals surface area contributed by atoms with Crippen LogP contribution in [0.15, 0.2) is 18.2 Å². The van der Waals surface area contributed by atoms with Gasteiger partial charge in [0, 0.05) is 36.7 Å². The second kappa shape index (κ2) is 7.94. The molecule has 1 aromatic rings. The molecule has 2 amide bonds. The summed E-state index contributed by atoms with van der Waals surface area (Å²) in [6.07, 6.45) is 2.96. The number of nitrogens with zero attached hydrogens (tertiary/aromatic N) is 2. The minimum absolute atomic E-state index is 0.0863. The first kappa shape index (κ1) is 20.4. The number of carbonyl (C=O) groups excluding carboxylic acids is 3. The number of piperidine rings is 1. The molecular formula is C22H30N2O4. The van der Waals surface area contributed by atoms with E-state index < -0.39 is 5.41 Å². The number of methoxy groups -OCH3 is 1. The average Bonchev–Trinajstić information content (AvgIpc) is 2.70. The Kier molecular flexibility index (Phi) is 5.77. The van der Waals surface area contributed by atoms with Crippen LogP contribution < -0.4 is 4.90 Å². The maximum absolute atomic E-state index is 13.2. The van der Waals surface area contributed by atoms with Gasteiger partial charge in [-0.1, -0.05) is 26.8 Å². The summed E-state index contributed by atoms with van der Waals surface area (Å²) < 4.78 is 4.90. The van der Waals surface area contributed by atoms with Gasteiger partial charge < -0.3 is 14.5 Å². The highest BCUT2D eigenvalue weighted by Crippen LogP contribution is 2.33. The van der Waals surface area contributed by atoms with Crippen molar-refractivity contribution >= 4 is 23.5 Å². The summed E-state index contributed by atoms with van der Waals surface area (Å²) in [5.41, 5.74) is 1.87. The van der Waals surface area contributed by atoms with E-state index in [0.717, 1.165) is 24.1 Å². The molecular weight excluding hydrogens is 356 g/mol. The summed E-state index contributed by atoms with van der Waals surface area (Å²) in [5.74, 6) is -0.202. The fourth-order valence-corrected chi connectivity index (χ4v) is 4.18. The Hall–Kier alpha value is -2.37. The van der Waals surface area contributed by atoms with Crippen molar-refractivity contribution < 1.29 is 19.1 Å². The fourth-order valence-electron chi connectivity index (χ4n) is 4.18. The first-order chi connectivity index (χ1) is 13.2. The average molecular weight is 386 g/mol. The largest absolute Gasteiger partial charge is 0.465 e. The number of fused-ring (bicyclic) bond motifs is 1. The van der Waals surface area contributed by atoms with Crippen LogP contribution in [0, 0.1) is 11.3 Å². The summed E-state index contributed by atoms with van der Waals surface area (Å²) >= 11 is 0. The van der Waals surface area contributed by atoms with Crippen LogP contribution in [-0.2, 0) is 20.7 Å². The quantitative estimate of drug-likeness (QED) is 0.733. The maximum Gasteiger partial charge on any atom is 0.338 e. The number of carbonyl (C=O) groups is 3. The minimum atomic E-state index is -0.396. The van der Waals surface area contributed by atoms with Crippen LogP contribution in [0.2, 0.25) is 0 Å². The van der Waals surface area contributed by atoms with E-state index in [1.807, 2.05) is 36.6 Å². The fraction of sp³-hybridized carbons (Fsp3) is 0.591. The highest BCUT2D eigenvalue weighted by atomic mass is 16.5. The lowest BCUT2D eigenvalue weighted by Crippen LogP contribution is -2.48. The molecule has 6 heteroatoms. The number of benzene rings is 1. The number of amides is 2. The number of likely N-dealkylation sites (tertiary alicyclic amines) is 1. The van der Waals surface area contributed by atoms with Crippen LogP contribution in [0.3, 0.4) is 0 Å². The van der Waals surface area contributed by atoms with Gasteiger partial charge in [-0.05, 0) is 43.4 Å². The Balaban J connectivity index is 1.74. The lowest BCUT2D eigenvalue weighted by atomic mass is 9.89. The van der Waals surface area contributed by atoms with Gasteiger partial charge in [0.1, 0.15) is 0 Å². The second-order valence-electron chi connectivity index (χ2n) is 8.70. The van der Waals surface area contributed by atoms with E-state index in [2.05, 4.69) is 0 Å². The van der Waals surface area contributed by atoms with Gasteiger partial charge in [-0.3, -0.25) is 9.59 Å². The van der Waals surface area contributed by atoms with Crippen LogP contribution in [0.5, 0.6) is 0 Å². The molecule has 1 fully saturated rings. The monoisotopic (exact) mass is 386 g/mol. The molecule has 3 rings (SSSR count). The lowest BCUT2D eigenvalue weighted by molar-refractivity contribution is -0.142. The van der Waals surface area contributed by atoms with Crippen molar-refractivity contribution in [2.24, 2.45) is 11.3 Å². The molecule has 6 nitrogen and oxygen atoms in total. The van der Waals surface area contributed by atoms with Crippen molar-refractivity contribution in [1.82, 2.24) is 4.90 Å². The van der Waals surface area contributed by atoms with E-state index in [0.29, 0.717) is 38.0 Å². The Morgan fingerprint density at radius 2 is 1.75 bits per heavy atom. The Labute approximate surface area is 166 Å². The van der Waals surface area contributed by atoms with Gasteiger partial charge in [-0.2, -0.15) is 0 Å². The summed E-state index contributed by atoms with van der Waals surface area (Å²) in [7, 11) is 1.38. The third-order valence-electron chi connectivity index (χ3n) is 5.69. The van der Waals surface area contributed by atoms with Crippen LogP contribution in [-0.4, -0.2) is 49.4 Å². The smallest absolute Gasteiger partial charge is 0.338 e. The van der Waals surface area contributed by atoms with E-state index in [1.54, 1.807) is 12.1 Å². The minimum Gasteiger partial charge on any atom is -0.465 e. The van der Waals surface area contributed by atoms with E-state index in [4.69, 9.17) is 4.74 Å². The Morgan fingerprint density at radius 1 is 1.07 bits per heavy atom. The SMILES string of the molecule is COC(=O)c1cccc2c1CCCN2C(=O)C1CCN(C(=O)C(C)(C)C)CC1. The molecule has 0 bridgehead atoms. The van der Waals surface area contributed by atoms with Gasteiger partial charge in [0.15, 0.2) is 0 Å². The molecule has 0 aliphatic carbocycles. The number of hydrogen-bond acceptors (Lipinski definition) is 4. The normalized spacial score (nSPS) is 17.9. The molecule has 0 unspecified atom stereocenters. The Bertz CT molecular complexity index is 773. The predicted octanol–water partition coefficient (Wildman–Crippen LogP) is 3.04. The molecule has 0 saturated carbocycles. The number of ether oxygens (including phenoxy) is 1. The van der Waals surface area contributed by atoms with E-state index in [-0.39, 0.29) is 23.7 Å². The van der Waals surface area contributed by atoms with Crippen LogP contribution >= 0.6 is 0 Å². The van der Waals surface area contributed by atoms with E-state index in [9.17, 15) is 14.4 Å². The molecule has 2 aliphatic heterocycles. The van der Waals surface area contributed by atoms with Crippen molar-refractivity contribution in [2.75, 3.05) is 31.6 Å². The van der Waals surface area contributed by atoms with Crippen LogP contribution in [0.4, 0.5) is 5.69 Å². The molecule has 0 radical (unpaired) electrons. The molecule has 0 atom stereocenters. The molecule has 0 spiro atoms. The van der Waals surface area contributed by atoms with Gasteiger partial charge in [-0.25, -0.2) is 4.79 Å². The summed E-state index contributed by atoms with van der Waals surface area (Å²) in [6.45, 7) is 7.69. The van der Waals surface area contributed by atoms with Crippen molar-refractivity contribution in [3.05, 3.63) is 29.3 Å². The zero-order valence-electron chi connectivity index (χ0n) is 17.3. The van der Waals surface area contributed by atoms with E-state index >= 15 is 0 Å². The topological polar surface area (TPSA) is 66.9 Å². The van der Waals surface area contributed by atoms with Crippen molar-refractivity contribution in [3.63, 3.8) is 0 Å². The van der Waals surface area contributed by atoms with Crippen molar-refractivity contribution in [2.45, 2.75) is 46.5 Å². The molecule has 152 valence electrons. The van der Waals surface area contributed by atoms with Gasteiger partial charge in [0.05, 0.1) is 12.7 Å². The third-order valence-corrected chi connectivity index (χ3v) is 5.69. The molecule has 1 aromatic carbocycles. The van der Waals surface area contributed by atoms with Gasteiger partial charge in [-0.15, -0.1) is 0 Å². The number of hydrogen-bond donors (Lipinski definition) is 0. The number of esters is 1. The standard InChI is InChI=1S/C22H30N2O4/c1-22(2,3)21(27)23-13-10-15(11-14-23)19(25)24-12-6-8-16-17(20(26)28-4)7-5-9-18(16)24/h5,7,9,15H,6,8,10-14H2,1-4H3. The summed E-state index contributed by atoms with van der Waals surface area (Å²) in [6, 6.07) is 5.48. The van der Waals surface area contributed by atoms with Crippen molar-refractivity contribution in [1.29, 1.82) is 0 Å². The number of rotatable bonds is 2. The third kappa shape index (κ3) is 3.91. The van der Waals surface area contributed by atoms with Gasteiger partial charge in [0.2, 0.25) is 11.8 Å². The highest BCUT2D eigenvalue weighted by Gasteiger charge is 2.35. The maximum atomic E-state index is 13.2. The molecule has 2 heterocycles. The summed E-state index contributed by atoms with van der Waals surface area (Å²) in [4.78, 5) is 41.5. The molecule has 0 aromatic heterocycles. The number of anilines is 1. The zero-order chi connectivity index (χ0) is 20.5. The lowest BCUT2D eigenvalue weighted by Gasteiger charge is -2.38. The predicted molar refractivity (Wildman–Crippen MR) is 107 cm³/mol. The van der Waals surface area contributed by atoms with Gasteiger partial charge in [0.25, 0.3) is 0 Å². The highest BCUT2D eigenvalue weighted by molar-refractivity contribution is 5.99. The zero-order valence-corrected chi connectivity index (χ0v) is 17.3. The van der Waals surface area contributed by atoms with E-state index in [1.165, 1.54) is 7.11 Å². The molecule has 28 heavy (non-hydrogen) atoms. The molecule has 2 aliphatic rings. The molecule has 1 saturated heterocycles. The van der Waals surface area contributed by atoms with Crippen LogP contribution in [0.25, 0.3) is 0 Å². The molecule has 0 N–H and O–H groups in total. The first-order valence-corrected chi connectivity index (χ1v) is 10.0. The van der Waals surface area contributed by atoms with Crippen LogP contribution in [0.1, 0.15) is 56.0 Å².